The lowest BCUT2D eigenvalue weighted by atomic mass is 10.0. The van der Waals surface area contributed by atoms with E-state index in [2.05, 4.69) is 32.9 Å². The average molecular weight is 290 g/mol. The van der Waals surface area contributed by atoms with Crippen LogP contribution in [0.5, 0.6) is 5.75 Å². The van der Waals surface area contributed by atoms with Gasteiger partial charge in [0, 0.05) is 12.1 Å². The Hall–Kier alpha value is -1.51. The van der Waals surface area contributed by atoms with Crippen LogP contribution in [0, 0.1) is 20.8 Å². The molecule has 2 aromatic rings. The lowest BCUT2D eigenvalue weighted by molar-refractivity contribution is 0.301. The van der Waals surface area contributed by atoms with Crippen LogP contribution in [0.25, 0.3) is 0 Å². The van der Waals surface area contributed by atoms with Crippen LogP contribution in [0.4, 0.5) is 0 Å². The van der Waals surface area contributed by atoms with E-state index in [1.54, 1.807) is 0 Å². The van der Waals surface area contributed by atoms with Gasteiger partial charge in [-0.05, 0) is 43.5 Å². The van der Waals surface area contributed by atoms with E-state index in [9.17, 15) is 0 Å². The molecule has 0 spiro atoms. The summed E-state index contributed by atoms with van der Waals surface area (Å²) in [6.07, 6.45) is 0. The number of benzene rings is 2. The first kappa shape index (κ1) is 14.9. The lowest BCUT2D eigenvalue weighted by Gasteiger charge is -2.15. The van der Waals surface area contributed by atoms with Gasteiger partial charge in [-0.3, -0.25) is 0 Å². The van der Waals surface area contributed by atoms with Gasteiger partial charge in [0.15, 0.2) is 0 Å². The Morgan fingerprint density at radius 2 is 1.75 bits per heavy atom. The number of nitrogens with two attached hydrogens (primary N) is 1. The van der Waals surface area contributed by atoms with Gasteiger partial charge in [-0.15, -0.1) is 0 Å². The van der Waals surface area contributed by atoms with Gasteiger partial charge in [-0.2, -0.15) is 0 Å². The molecule has 0 saturated carbocycles. The van der Waals surface area contributed by atoms with Crippen molar-refractivity contribution >= 4 is 11.6 Å². The summed E-state index contributed by atoms with van der Waals surface area (Å²) in [4.78, 5) is 0. The third-order valence-electron chi connectivity index (χ3n) is 3.47. The SMILES string of the molecule is Cc1cc(C)c(COc2c(Cl)cccc2CN)c(C)c1. The molecule has 2 aromatic carbocycles. The van der Waals surface area contributed by atoms with Crippen LogP contribution < -0.4 is 10.5 Å². The second-order valence-corrected chi connectivity index (χ2v) is 5.51. The van der Waals surface area contributed by atoms with E-state index in [-0.39, 0.29) is 0 Å². The van der Waals surface area contributed by atoms with E-state index in [0.717, 1.165) is 5.56 Å². The summed E-state index contributed by atoms with van der Waals surface area (Å²) < 4.78 is 5.93. The standard InChI is InChI=1S/C17H20ClNO/c1-11-7-12(2)15(13(3)8-11)10-20-17-14(9-19)5-4-6-16(17)18/h4-8H,9-10,19H2,1-3H3. The summed E-state index contributed by atoms with van der Waals surface area (Å²) in [7, 11) is 0. The first-order valence-corrected chi connectivity index (χ1v) is 7.07. The van der Waals surface area contributed by atoms with Crippen molar-refractivity contribution in [3.8, 4) is 5.75 Å². The summed E-state index contributed by atoms with van der Waals surface area (Å²) in [5.41, 5.74) is 11.6. The first-order valence-electron chi connectivity index (χ1n) is 6.70. The molecule has 0 fully saturated rings. The van der Waals surface area contributed by atoms with E-state index in [1.165, 1.54) is 22.3 Å². The topological polar surface area (TPSA) is 35.2 Å². The van der Waals surface area contributed by atoms with Gasteiger partial charge in [-0.25, -0.2) is 0 Å². The Balaban J connectivity index is 2.26. The third-order valence-corrected chi connectivity index (χ3v) is 3.77. The van der Waals surface area contributed by atoms with Crippen LogP contribution in [0.2, 0.25) is 5.02 Å². The molecule has 0 saturated heterocycles. The maximum Gasteiger partial charge on any atom is 0.142 e. The zero-order valence-electron chi connectivity index (χ0n) is 12.2. The summed E-state index contributed by atoms with van der Waals surface area (Å²) in [5, 5.41) is 0.607. The molecular formula is C17H20ClNO. The minimum atomic E-state index is 0.418. The van der Waals surface area contributed by atoms with Crippen molar-refractivity contribution in [2.45, 2.75) is 33.9 Å². The number of halogens is 1. The molecule has 2 N–H and O–H groups in total. The number of rotatable bonds is 4. The molecule has 0 radical (unpaired) electrons. The van der Waals surface area contributed by atoms with Gasteiger partial charge >= 0.3 is 0 Å². The molecule has 20 heavy (non-hydrogen) atoms. The average Bonchev–Trinajstić information content (AvgIpc) is 2.38. The smallest absolute Gasteiger partial charge is 0.142 e. The van der Waals surface area contributed by atoms with E-state index in [1.807, 2.05) is 18.2 Å². The molecule has 3 heteroatoms. The minimum absolute atomic E-state index is 0.418. The van der Waals surface area contributed by atoms with Crippen LogP contribution >= 0.6 is 11.6 Å². The van der Waals surface area contributed by atoms with Crippen LogP contribution in [0.15, 0.2) is 30.3 Å². The zero-order chi connectivity index (χ0) is 14.7. The number of hydrogen-bond acceptors (Lipinski definition) is 2. The monoisotopic (exact) mass is 289 g/mol. The van der Waals surface area contributed by atoms with Crippen molar-refractivity contribution in [2.75, 3.05) is 0 Å². The molecule has 0 aliphatic rings. The molecule has 0 aliphatic carbocycles. The number of ether oxygens (including phenoxy) is 1. The van der Waals surface area contributed by atoms with Gasteiger partial charge in [-0.1, -0.05) is 41.4 Å². The fraction of sp³-hybridized carbons (Fsp3) is 0.294. The number of aryl methyl sites for hydroxylation is 3. The summed E-state index contributed by atoms with van der Waals surface area (Å²) in [6.45, 7) is 7.24. The molecular weight excluding hydrogens is 270 g/mol. The lowest BCUT2D eigenvalue weighted by Crippen LogP contribution is -2.05. The van der Waals surface area contributed by atoms with E-state index >= 15 is 0 Å². The highest BCUT2D eigenvalue weighted by atomic mass is 35.5. The fourth-order valence-electron chi connectivity index (χ4n) is 2.46. The van der Waals surface area contributed by atoms with Gasteiger partial charge in [0.1, 0.15) is 12.4 Å². The third kappa shape index (κ3) is 3.14. The van der Waals surface area contributed by atoms with E-state index in [4.69, 9.17) is 22.1 Å². The van der Waals surface area contributed by atoms with Crippen LogP contribution in [-0.4, -0.2) is 0 Å². The van der Waals surface area contributed by atoms with Crippen molar-refractivity contribution in [1.29, 1.82) is 0 Å². The second kappa shape index (κ2) is 6.29. The minimum Gasteiger partial charge on any atom is -0.487 e. The Labute approximate surface area is 125 Å². The van der Waals surface area contributed by atoms with Crippen LogP contribution in [0.3, 0.4) is 0 Å². The van der Waals surface area contributed by atoms with Crippen molar-refractivity contribution < 1.29 is 4.74 Å². The summed E-state index contributed by atoms with van der Waals surface area (Å²) >= 11 is 6.20. The first-order chi connectivity index (χ1) is 9.52. The Morgan fingerprint density at radius 1 is 1.10 bits per heavy atom. The number of para-hydroxylation sites is 1. The van der Waals surface area contributed by atoms with E-state index < -0.39 is 0 Å². The molecule has 2 rings (SSSR count). The van der Waals surface area contributed by atoms with Crippen molar-refractivity contribution in [2.24, 2.45) is 5.73 Å². The zero-order valence-corrected chi connectivity index (χ0v) is 12.9. The molecule has 0 atom stereocenters. The maximum atomic E-state index is 6.20. The molecule has 2 nitrogen and oxygen atoms in total. The van der Waals surface area contributed by atoms with Gasteiger partial charge in [0.05, 0.1) is 5.02 Å². The predicted molar refractivity (Wildman–Crippen MR) is 84.3 cm³/mol. The highest BCUT2D eigenvalue weighted by Gasteiger charge is 2.10. The Morgan fingerprint density at radius 3 is 2.35 bits per heavy atom. The quantitative estimate of drug-likeness (QED) is 0.910. The maximum absolute atomic E-state index is 6.20. The molecule has 0 unspecified atom stereocenters. The Bertz CT molecular complexity index is 599. The molecule has 106 valence electrons. The molecule has 0 amide bonds. The van der Waals surface area contributed by atoms with Crippen LogP contribution in [-0.2, 0) is 13.2 Å². The molecule has 0 aliphatic heterocycles. The Kier molecular flexibility index (Phi) is 4.69. The highest BCUT2D eigenvalue weighted by Crippen LogP contribution is 2.30. The largest absolute Gasteiger partial charge is 0.487 e. The number of hydrogen-bond donors (Lipinski definition) is 1. The molecule has 0 aromatic heterocycles. The van der Waals surface area contributed by atoms with Crippen LogP contribution in [0.1, 0.15) is 27.8 Å². The van der Waals surface area contributed by atoms with Gasteiger partial charge in [0.2, 0.25) is 0 Å². The summed E-state index contributed by atoms with van der Waals surface area (Å²) in [6, 6.07) is 9.99. The fourth-order valence-corrected chi connectivity index (χ4v) is 2.71. The van der Waals surface area contributed by atoms with Crippen molar-refractivity contribution in [3.05, 3.63) is 63.2 Å². The van der Waals surface area contributed by atoms with Gasteiger partial charge in [0.25, 0.3) is 0 Å². The van der Waals surface area contributed by atoms with Crippen molar-refractivity contribution in [3.63, 3.8) is 0 Å². The van der Waals surface area contributed by atoms with Gasteiger partial charge < -0.3 is 10.5 Å². The van der Waals surface area contributed by atoms with E-state index in [0.29, 0.717) is 23.9 Å². The predicted octanol–water partition coefficient (Wildman–Crippen LogP) is 4.30. The summed E-state index contributed by atoms with van der Waals surface area (Å²) in [5.74, 6) is 0.691. The highest BCUT2D eigenvalue weighted by molar-refractivity contribution is 6.32. The molecule has 0 heterocycles. The normalized spacial score (nSPS) is 10.7. The van der Waals surface area contributed by atoms with Crippen molar-refractivity contribution in [1.82, 2.24) is 0 Å². The molecule has 0 bridgehead atoms. The second-order valence-electron chi connectivity index (χ2n) is 5.10.